The zero-order valence-corrected chi connectivity index (χ0v) is 17.1. The van der Waals surface area contributed by atoms with Crippen LogP contribution in [0.25, 0.3) is 10.9 Å². The molecule has 2 heterocycles. The predicted octanol–water partition coefficient (Wildman–Crippen LogP) is 5.36. The molecule has 4 aromatic rings. The van der Waals surface area contributed by atoms with Crippen LogP contribution in [0.3, 0.4) is 0 Å². The molecule has 0 bridgehead atoms. The van der Waals surface area contributed by atoms with Gasteiger partial charge < -0.3 is 20.4 Å². The van der Waals surface area contributed by atoms with Crippen molar-refractivity contribution in [1.29, 1.82) is 0 Å². The van der Waals surface area contributed by atoms with E-state index in [9.17, 15) is 0 Å². The van der Waals surface area contributed by atoms with Gasteiger partial charge in [-0.2, -0.15) is 0 Å². The number of hydrogen-bond acceptors (Lipinski definition) is 3. The molecule has 4 rings (SSSR count). The molecule has 0 radical (unpaired) electrons. The highest BCUT2D eigenvalue weighted by molar-refractivity contribution is 7.80. The normalized spacial score (nSPS) is 11.9. The van der Waals surface area contributed by atoms with Crippen molar-refractivity contribution in [3.8, 4) is 5.75 Å². The number of thiocarbonyl (C=S) groups is 1. The second-order valence-corrected chi connectivity index (χ2v) is 7.81. The van der Waals surface area contributed by atoms with Crippen LogP contribution in [-0.4, -0.2) is 23.8 Å². The Labute approximate surface area is 173 Å². The summed E-state index contributed by atoms with van der Waals surface area (Å²) in [6.07, 6.45) is 2.11. The standard InChI is InChI=1S/C22H21N3OS2/c1-26-16-10-8-15(9-11-16)25-22(27)24-14-19(21-7-4-12-28-21)18-13-23-20-6-3-2-5-17(18)20/h2-13,19,23H,14H2,1H3,(H2,24,25,27)/t19-/m1/s1. The first-order valence-electron chi connectivity index (χ1n) is 9.03. The van der Waals surface area contributed by atoms with Crippen molar-refractivity contribution >= 4 is 45.3 Å². The van der Waals surface area contributed by atoms with Gasteiger partial charge in [-0.15, -0.1) is 11.3 Å². The third kappa shape index (κ3) is 4.03. The number of aromatic nitrogens is 1. The van der Waals surface area contributed by atoms with Gasteiger partial charge in [0.05, 0.1) is 7.11 Å². The van der Waals surface area contributed by atoms with E-state index in [0.29, 0.717) is 11.7 Å². The van der Waals surface area contributed by atoms with E-state index in [-0.39, 0.29) is 5.92 Å². The maximum Gasteiger partial charge on any atom is 0.170 e. The Hall–Kier alpha value is -2.83. The summed E-state index contributed by atoms with van der Waals surface area (Å²) in [7, 11) is 1.66. The number of hydrogen-bond donors (Lipinski definition) is 3. The number of aromatic amines is 1. The largest absolute Gasteiger partial charge is 0.497 e. The van der Waals surface area contributed by atoms with Crippen molar-refractivity contribution < 1.29 is 4.74 Å². The van der Waals surface area contributed by atoms with Crippen LogP contribution in [0.5, 0.6) is 5.75 Å². The van der Waals surface area contributed by atoms with E-state index in [1.807, 2.05) is 24.3 Å². The lowest BCUT2D eigenvalue weighted by atomic mass is 9.97. The molecule has 142 valence electrons. The fourth-order valence-electron chi connectivity index (χ4n) is 3.28. The molecule has 2 aromatic heterocycles. The van der Waals surface area contributed by atoms with Crippen LogP contribution in [0.15, 0.2) is 72.2 Å². The molecule has 6 heteroatoms. The third-order valence-corrected chi connectivity index (χ3v) is 5.93. The van der Waals surface area contributed by atoms with Gasteiger partial charge in [-0.05, 0) is 59.6 Å². The average Bonchev–Trinajstić information content (AvgIpc) is 3.40. The molecule has 0 spiro atoms. The van der Waals surface area contributed by atoms with Crippen LogP contribution in [0, 0.1) is 0 Å². The number of rotatable bonds is 6. The molecule has 0 aliphatic heterocycles. The van der Waals surface area contributed by atoms with Crippen LogP contribution in [-0.2, 0) is 0 Å². The van der Waals surface area contributed by atoms with Gasteiger partial charge >= 0.3 is 0 Å². The van der Waals surface area contributed by atoms with Crippen molar-refractivity contribution in [3.05, 3.63) is 82.7 Å². The van der Waals surface area contributed by atoms with Crippen LogP contribution < -0.4 is 15.4 Å². The highest BCUT2D eigenvalue weighted by Crippen LogP contribution is 2.32. The Bertz CT molecular complexity index is 1060. The van der Waals surface area contributed by atoms with E-state index >= 15 is 0 Å². The molecule has 0 aliphatic rings. The van der Waals surface area contributed by atoms with Crippen LogP contribution >= 0.6 is 23.6 Å². The molecule has 4 nitrogen and oxygen atoms in total. The molecule has 3 N–H and O–H groups in total. The van der Waals surface area contributed by atoms with Crippen LogP contribution in [0.2, 0.25) is 0 Å². The number of ether oxygens (including phenoxy) is 1. The van der Waals surface area contributed by atoms with Crippen molar-refractivity contribution in [1.82, 2.24) is 10.3 Å². The topological polar surface area (TPSA) is 49.1 Å². The Balaban J connectivity index is 1.49. The highest BCUT2D eigenvalue weighted by atomic mass is 32.1. The maximum atomic E-state index is 5.51. The Morgan fingerprint density at radius 1 is 1.11 bits per heavy atom. The van der Waals surface area contributed by atoms with Crippen LogP contribution in [0.4, 0.5) is 5.69 Å². The number of para-hydroxylation sites is 1. The highest BCUT2D eigenvalue weighted by Gasteiger charge is 2.19. The van der Waals surface area contributed by atoms with E-state index in [2.05, 4.69) is 63.6 Å². The fourth-order valence-corrected chi connectivity index (χ4v) is 4.33. The third-order valence-electron chi connectivity index (χ3n) is 4.70. The summed E-state index contributed by atoms with van der Waals surface area (Å²) < 4.78 is 5.19. The summed E-state index contributed by atoms with van der Waals surface area (Å²) in [4.78, 5) is 4.70. The zero-order valence-electron chi connectivity index (χ0n) is 15.4. The number of thiophene rings is 1. The van der Waals surface area contributed by atoms with E-state index < -0.39 is 0 Å². The number of anilines is 1. The molecular weight excluding hydrogens is 386 g/mol. The maximum absolute atomic E-state index is 5.51. The van der Waals surface area contributed by atoms with Gasteiger partial charge in [0.25, 0.3) is 0 Å². The average molecular weight is 408 g/mol. The van der Waals surface area contributed by atoms with Gasteiger partial charge in [0.1, 0.15) is 5.75 Å². The molecular formula is C22H21N3OS2. The van der Waals surface area contributed by atoms with E-state index in [4.69, 9.17) is 17.0 Å². The van der Waals surface area contributed by atoms with Crippen molar-refractivity contribution in [3.63, 3.8) is 0 Å². The first kappa shape index (κ1) is 18.5. The van der Waals surface area contributed by atoms with E-state index in [0.717, 1.165) is 17.0 Å². The summed E-state index contributed by atoms with van der Waals surface area (Å²) in [6, 6.07) is 20.4. The lowest BCUT2D eigenvalue weighted by Crippen LogP contribution is -2.32. The number of methoxy groups -OCH3 is 1. The van der Waals surface area contributed by atoms with E-state index in [1.165, 1.54) is 15.8 Å². The number of fused-ring (bicyclic) bond motifs is 1. The quantitative estimate of drug-likeness (QED) is 0.377. The van der Waals surface area contributed by atoms with Gasteiger partial charge in [-0.25, -0.2) is 0 Å². The fraction of sp³-hybridized carbons (Fsp3) is 0.136. The Morgan fingerprint density at radius 2 is 1.93 bits per heavy atom. The molecule has 1 atom stereocenters. The summed E-state index contributed by atoms with van der Waals surface area (Å²) in [5, 5.41) is 10.6. The molecule has 0 saturated heterocycles. The Morgan fingerprint density at radius 3 is 2.68 bits per heavy atom. The lowest BCUT2D eigenvalue weighted by Gasteiger charge is -2.18. The second kappa shape index (κ2) is 8.46. The van der Waals surface area contributed by atoms with Gasteiger partial charge in [0, 0.05) is 40.1 Å². The molecule has 0 unspecified atom stereocenters. The van der Waals surface area contributed by atoms with Crippen molar-refractivity contribution in [2.45, 2.75) is 5.92 Å². The minimum Gasteiger partial charge on any atom is -0.497 e. The van der Waals surface area contributed by atoms with Crippen LogP contribution in [0.1, 0.15) is 16.4 Å². The molecule has 28 heavy (non-hydrogen) atoms. The monoisotopic (exact) mass is 407 g/mol. The lowest BCUT2D eigenvalue weighted by molar-refractivity contribution is 0.415. The molecule has 0 amide bonds. The number of H-pyrrole nitrogens is 1. The molecule has 2 aromatic carbocycles. The van der Waals surface area contributed by atoms with Gasteiger partial charge in [0.15, 0.2) is 5.11 Å². The summed E-state index contributed by atoms with van der Waals surface area (Å²) >= 11 is 7.28. The summed E-state index contributed by atoms with van der Waals surface area (Å²) in [5.74, 6) is 1.04. The van der Waals surface area contributed by atoms with Crippen molar-refractivity contribution in [2.75, 3.05) is 19.0 Å². The SMILES string of the molecule is COc1ccc(NC(=S)NC[C@@H](c2cccs2)c2c[nH]c3ccccc23)cc1. The van der Waals surface area contributed by atoms with E-state index in [1.54, 1.807) is 18.4 Å². The van der Waals surface area contributed by atoms with Gasteiger partial charge in [-0.1, -0.05) is 24.3 Å². The number of nitrogens with one attached hydrogen (secondary N) is 3. The number of benzene rings is 2. The predicted molar refractivity (Wildman–Crippen MR) is 122 cm³/mol. The van der Waals surface area contributed by atoms with Crippen molar-refractivity contribution in [2.24, 2.45) is 0 Å². The molecule has 0 aliphatic carbocycles. The summed E-state index contributed by atoms with van der Waals surface area (Å²) in [6.45, 7) is 0.713. The minimum absolute atomic E-state index is 0.215. The smallest absolute Gasteiger partial charge is 0.170 e. The first-order chi connectivity index (χ1) is 13.7. The zero-order chi connectivity index (χ0) is 19.3. The summed E-state index contributed by atoms with van der Waals surface area (Å²) in [5.41, 5.74) is 3.36. The Kier molecular flexibility index (Phi) is 5.60. The molecule has 0 fully saturated rings. The van der Waals surface area contributed by atoms with Gasteiger partial charge in [0.2, 0.25) is 0 Å². The molecule has 0 saturated carbocycles. The minimum atomic E-state index is 0.215. The van der Waals surface area contributed by atoms with Gasteiger partial charge in [-0.3, -0.25) is 0 Å². The second-order valence-electron chi connectivity index (χ2n) is 6.42. The first-order valence-corrected chi connectivity index (χ1v) is 10.3.